The molecule has 2 aromatic rings. The summed E-state index contributed by atoms with van der Waals surface area (Å²) >= 11 is 0. The molecule has 1 unspecified atom stereocenters. The summed E-state index contributed by atoms with van der Waals surface area (Å²) in [5.74, 6) is 0.784. The molecule has 16 heavy (non-hydrogen) atoms. The standard InChI is InChI=1S/C11H12N4O/c16-7-8-3-1-5-10-13-11(14-15(8)10)9-4-2-6-12-9/h1,3,5,7,9,12H,2,4,6H2. The van der Waals surface area contributed by atoms with Crippen LogP contribution in [0.2, 0.25) is 0 Å². The number of aromatic nitrogens is 3. The Hall–Kier alpha value is -1.75. The van der Waals surface area contributed by atoms with Crippen LogP contribution in [0.5, 0.6) is 0 Å². The number of fused-ring (bicyclic) bond motifs is 1. The molecule has 2 aromatic heterocycles. The molecule has 1 atom stereocenters. The number of rotatable bonds is 2. The molecule has 0 aromatic carbocycles. The van der Waals surface area contributed by atoms with Gasteiger partial charge in [-0.3, -0.25) is 4.79 Å². The minimum Gasteiger partial charge on any atom is -0.307 e. The van der Waals surface area contributed by atoms with Gasteiger partial charge < -0.3 is 5.32 Å². The molecule has 3 heterocycles. The van der Waals surface area contributed by atoms with E-state index in [0.29, 0.717) is 5.69 Å². The lowest BCUT2D eigenvalue weighted by molar-refractivity contribution is 0.111. The van der Waals surface area contributed by atoms with Crippen LogP contribution in [0, 0.1) is 0 Å². The number of hydrogen-bond donors (Lipinski definition) is 1. The van der Waals surface area contributed by atoms with Crippen LogP contribution >= 0.6 is 0 Å². The molecule has 0 saturated carbocycles. The predicted octanol–water partition coefficient (Wildman–Crippen LogP) is 0.966. The molecule has 1 aliphatic rings. The molecule has 0 amide bonds. The van der Waals surface area contributed by atoms with E-state index < -0.39 is 0 Å². The first-order chi connectivity index (χ1) is 7.88. The number of nitrogens with zero attached hydrogens (tertiary/aromatic N) is 3. The number of nitrogens with one attached hydrogen (secondary N) is 1. The van der Waals surface area contributed by atoms with Crippen molar-refractivity contribution in [1.29, 1.82) is 0 Å². The molecular weight excluding hydrogens is 204 g/mol. The molecule has 0 radical (unpaired) electrons. The van der Waals surface area contributed by atoms with Gasteiger partial charge in [-0.1, -0.05) is 6.07 Å². The van der Waals surface area contributed by atoms with E-state index >= 15 is 0 Å². The van der Waals surface area contributed by atoms with E-state index in [9.17, 15) is 4.79 Å². The average Bonchev–Trinajstić information content (AvgIpc) is 2.96. The second-order valence-corrected chi connectivity index (χ2v) is 3.96. The van der Waals surface area contributed by atoms with Gasteiger partial charge in [0, 0.05) is 0 Å². The summed E-state index contributed by atoms with van der Waals surface area (Å²) in [5.41, 5.74) is 1.27. The normalized spacial score (nSPS) is 20.4. The molecule has 1 saturated heterocycles. The molecule has 0 spiro atoms. The van der Waals surface area contributed by atoms with Crippen molar-refractivity contribution in [2.24, 2.45) is 0 Å². The van der Waals surface area contributed by atoms with Gasteiger partial charge in [0.25, 0.3) is 0 Å². The van der Waals surface area contributed by atoms with Crippen LogP contribution in [0.1, 0.15) is 35.2 Å². The second kappa shape index (κ2) is 3.68. The molecular formula is C11H12N4O. The SMILES string of the molecule is O=Cc1cccc2nc(C3CCCN3)nn12. The van der Waals surface area contributed by atoms with E-state index in [1.54, 1.807) is 10.6 Å². The van der Waals surface area contributed by atoms with E-state index in [-0.39, 0.29) is 6.04 Å². The topological polar surface area (TPSA) is 59.3 Å². The van der Waals surface area contributed by atoms with Crippen molar-refractivity contribution in [1.82, 2.24) is 19.9 Å². The van der Waals surface area contributed by atoms with Crippen molar-refractivity contribution < 1.29 is 4.79 Å². The van der Waals surface area contributed by atoms with Gasteiger partial charge in [-0.15, -0.1) is 5.10 Å². The van der Waals surface area contributed by atoms with Crippen molar-refractivity contribution in [3.8, 4) is 0 Å². The summed E-state index contributed by atoms with van der Waals surface area (Å²) in [6.07, 6.45) is 3.02. The van der Waals surface area contributed by atoms with E-state index in [0.717, 1.165) is 37.1 Å². The van der Waals surface area contributed by atoms with Gasteiger partial charge in [0.15, 0.2) is 17.8 Å². The molecule has 0 aliphatic carbocycles. The Morgan fingerprint density at radius 3 is 3.19 bits per heavy atom. The van der Waals surface area contributed by atoms with Crippen LogP contribution in [0.25, 0.3) is 5.65 Å². The lowest BCUT2D eigenvalue weighted by Gasteiger charge is -2.02. The first kappa shape index (κ1) is 9.47. The van der Waals surface area contributed by atoms with E-state index in [1.165, 1.54) is 0 Å². The summed E-state index contributed by atoms with van der Waals surface area (Å²) in [6.45, 7) is 1.01. The third kappa shape index (κ3) is 1.40. The zero-order valence-corrected chi connectivity index (χ0v) is 8.76. The highest BCUT2D eigenvalue weighted by Gasteiger charge is 2.20. The van der Waals surface area contributed by atoms with Crippen LogP contribution < -0.4 is 5.32 Å². The van der Waals surface area contributed by atoms with Gasteiger partial charge in [-0.05, 0) is 31.5 Å². The molecule has 0 bridgehead atoms. The number of carbonyl (C=O) groups excluding carboxylic acids is 1. The molecule has 82 valence electrons. The van der Waals surface area contributed by atoms with Crippen molar-refractivity contribution in [3.63, 3.8) is 0 Å². The number of hydrogen-bond acceptors (Lipinski definition) is 4. The number of aldehydes is 1. The average molecular weight is 216 g/mol. The van der Waals surface area contributed by atoms with E-state index in [1.807, 2.05) is 12.1 Å². The lowest BCUT2D eigenvalue weighted by atomic mass is 10.2. The quantitative estimate of drug-likeness (QED) is 0.760. The second-order valence-electron chi connectivity index (χ2n) is 3.96. The Kier molecular flexibility index (Phi) is 2.18. The first-order valence-corrected chi connectivity index (χ1v) is 5.43. The maximum Gasteiger partial charge on any atom is 0.168 e. The van der Waals surface area contributed by atoms with Gasteiger partial charge >= 0.3 is 0 Å². The zero-order valence-electron chi connectivity index (χ0n) is 8.76. The van der Waals surface area contributed by atoms with Crippen LogP contribution in [-0.2, 0) is 0 Å². The van der Waals surface area contributed by atoms with Crippen LogP contribution in [0.3, 0.4) is 0 Å². The fourth-order valence-electron chi connectivity index (χ4n) is 2.08. The van der Waals surface area contributed by atoms with Crippen molar-refractivity contribution in [3.05, 3.63) is 29.7 Å². The molecule has 5 heteroatoms. The van der Waals surface area contributed by atoms with Crippen molar-refractivity contribution in [2.75, 3.05) is 6.54 Å². The molecule has 1 fully saturated rings. The van der Waals surface area contributed by atoms with E-state index in [4.69, 9.17) is 0 Å². The van der Waals surface area contributed by atoms with Crippen LogP contribution in [0.15, 0.2) is 18.2 Å². The molecule has 5 nitrogen and oxygen atoms in total. The number of carbonyl (C=O) groups is 1. The Bertz CT molecular complexity index is 528. The fraction of sp³-hybridized carbons (Fsp3) is 0.364. The Morgan fingerprint density at radius 2 is 2.44 bits per heavy atom. The lowest BCUT2D eigenvalue weighted by Crippen LogP contribution is -2.14. The minimum atomic E-state index is 0.236. The van der Waals surface area contributed by atoms with Crippen molar-refractivity contribution in [2.45, 2.75) is 18.9 Å². The van der Waals surface area contributed by atoms with Gasteiger partial charge in [0.05, 0.1) is 6.04 Å². The maximum absolute atomic E-state index is 10.8. The first-order valence-electron chi connectivity index (χ1n) is 5.43. The summed E-state index contributed by atoms with van der Waals surface area (Å²) in [4.78, 5) is 15.3. The summed E-state index contributed by atoms with van der Waals surface area (Å²) < 4.78 is 1.60. The minimum absolute atomic E-state index is 0.236. The predicted molar refractivity (Wildman–Crippen MR) is 58.4 cm³/mol. The monoisotopic (exact) mass is 216 g/mol. The highest BCUT2D eigenvalue weighted by Crippen LogP contribution is 2.20. The largest absolute Gasteiger partial charge is 0.307 e. The summed E-state index contributed by atoms with van der Waals surface area (Å²) in [7, 11) is 0. The highest BCUT2D eigenvalue weighted by molar-refractivity contribution is 5.73. The number of pyridine rings is 1. The summed E-state index contributed by atoms with van der Waals surface area (Å²) in [6, 6.07) is 5.65. The Labute approximate surface area is 92.5 Å². The maximum atomic E-state index is 10.8. The Balaban J connectivity index is 2.11. The molecule has 1 aliphatic heterocycles. The zero-order chi connectivity index (χ0) is 11.0. The molecule has 1 N–H and O–H groups in total. The van der Waals surface area contributed by atoms with Crippen molar-refractivity contribution >= 4 is 11.9 Å². The van der Waals surface area contributed by atoms with Crippen LogP contribution in [-0.4, -0.2) is 27.4 Å². The molecule has 3 rings (SSSR count). The smallest absolute Gasteiger partial charge is 0.168 e. The Morgan fingerprint density at radius 1 is 1.50 bits per heavy atom. The van der Waals surface area contributed by atoms with Gasteiger partial charge in [0.2, 0.25) is 0 Å². The van der Waals surface area contributed by atoms with Gasteiger partial charge in [-0.2, -0.15) is 0 Å². The van der Waals surface area contributed by atoms with E-state index in [2.05, 4.69) is 15.4 Å². The third-order valence-corrected chi connectivity index (χ3v) is 2.90. The van der Waals surface area contributed by atoms with Gasteiger partial charge in [-0.25, -0.2) is 9.50 Å². The third-order valence-electron chi connectivity index (χ3n) is 2.90. The highest BCUT2D eigenvalue weighted by atomic mass is 16.1. The van der Waals surface area contributed by atoms with Crippen LogP contribution in [0.4, 0.5) is 0 Å². The summed E-state index contributed by atoms with van der Waals surface area (Å²) in [5, 5.41) is 7.72. The fourth-order valence-corrected chi connectivity index (χ4v) is 2.08. The van der Waals surface area contributed by atoms with Gasteiger partial charge in [0.1, 0.15) is 5.69 Å².